The van der Waals surface area contributed by atoms with Gasteiger partial charge in [0.15, 0.2) is 5.11 Å². The van der Waals surface area contributed by atoms with Crippen LogP contribution in [0, 0.1) is 13.8 Å². The Kier molecular flexibility index (Phi) is 4.86. The van der Waals surface area contributed by atoms with Crippen molar-refractivity contribution >= 4 is 51.9 Å². The zero-order valence-corrected chi connectivity index (χ0v) is 13.5. The summed E-state index contributed by atoms with van der Waals surface area (Å²) in [7, 11) is 0. The van der Waals surface area contributed by atoms with Crippen molar-refractivity contribution in [3.8, 4) is 0 Å². The number of hydrogen-bond acceptors (Lipinski definition) is 1. The number of rotatable bonds is 2. The maximum absolute atomic E-state index is 5.96. The van der Waals surface area contributed by atoms with Gasteiger partial charge in [-0.05, 0) is 67.5 Å². The van der Waals surface area contributed by atoms with Gasteiger partial charge in [-0.1, -0.05) is 29.3 Å². The molecule has 0 aliphatic carbocycles. The van der Waals surface area contributed by atoms with Gasteiger partial charge in [-0.25, -0.2) is 0 Å². The molecule has 0 unspecified atom stereocenters. The molecule has 5 heteroatoms. The molecule has 0 atom stereocenters. The summed E-state index contributed by atoms with van der Waals surface area (Å²) in [5, 5.41) is 7.72. The molecule has 2 N–H and O–H groups in total. The second-order valence-corrected chi connectivity index (χ2v) is 5.73. The maximum atomic E-state index is 5.96. The summed E-state index contributed by atoms with van der Waals surface area (Å²) in [6.45, 7) is 4.14. The van der Waals surface area contributed by atoms with Crippen molar-refractivity contribution in [2.45, 2.75) is 13.8 Å². The van der Waals surface area contributed by atoms with Gasteiger partial charge in [0.2, 0.25) is 0 Å². The predicted molar refractivity (Wildman–Crippen MR) is 92.2 cm³/mol. The molecule has 0 aliphatic rings. The van der Waals surface area contributed by atoms with Crippen molar-refractivity contribution in [3.05, 3.63) is 57.6 Å². The quantitative estimate of drug-likeness (QED) is 0.721. The molecule has 2 aromatic carbocycles. The fourth-order valence-corrected chi connectivity index (χ4v) is 2.22. The fraction of sp³-hybridized carbons (Fsp3) is 0.133. The topological polar surface area (TPSA) is 24.1 Å². The van der Waals surface area contributed by atoms with Crippen molar-refractivity contribution in [3.63, 3.8) is 0 Å². The third-order valence-electron chi connectivity index (χ3n) is 2.94. The lowest BCUT2D eigenvalue weighted by molar-refractivity contribution is 1.34. The molecule has 104 valence electrons. The van der Waals surface area contributed by atoms with Crippen molar-refractivity contribution in [2.75, 3.05) is 10.6 Å². The highest BCUT2D eigenvalue weighted by atomic mass is 35.5. The van der Waals surface area contributed by atoms with E-state index in [0.717, 1.165) is 11.4 Å². The molecule has 20 heavy (non-hydrogen) atoms. The average molecular weight is 325 g/mol. The van der Waals surface area contributed by atoms with Crippen molar-refractivity contribution in [2.24, 2.45) is 0 Å². The molecule has 0 amide bonds. The molecule has 0 radical (unpaired) electrons. The molecule has 2 nitrogen and oxygen atoms in total. The summed E-state index contributed by atoms with van der Waals surface area (Å²) < 4.78 is 0. The highest BCUT2D eigenvalue weighted by Gasteiger charge is 2.03. The Morgan fingerprint density at radius 1 is 0.850 bits per heavy atom. The van der Waals surface area contributed by atoms with Crippen molar-refractivity contribution in [1.29, 1.82) is 0 Å². The Balaban J connectivity index is 2.04. The molecule has 0 spiro atoms. The van der Waals surface area contributed by atoms with Gasteiger partial charge in [-0.3, -0.25) is 0 Å². The molecule has 0 bridgehead atoms. The minimum Gasteiger partial charge on any atom is -0.332 e. The number of hydrogen-bond donors (Lipinski definition) is 2. The van der Waals surface area contributed by atoms with Gasteiger partial charge in [0.05, 0.1) is 10.0 Å². The SMILES string of the molecule is Cc1ccc(NC(=S)Nc2ccc(Cl)c(Cl)c2)cc1C. The fourth-order valence-electron chi connectivity index (χ4n) is 1.69. The van der Waals surface area contributed by atoms with Crippen molar-refractivity contribution in [1.82, 2.24) is 0 Å². The average Bonchev–Trinajstić information content (AvgIpc) is 2.38. The van der Waals surface area contributed by atoms with Gasteiger partial charge in [-0.2, -0.15) is 0 Å². The van der Waals surface area contributed by atoms with E-state index in [-0.39, 0.29) is 0 Å². The molecular formula is C15H14Cl2N2S. The number of benzene rings is 2. The van der Waals surface area contributed by atoms with Crippen LogP contribution in [0.15, 0.2) is 36.4 Å². The third kappa shape index (κ3) is 3.85. The molecule has 2 rings (SSSR count). The van der Waals surface area contributed by atoms with E-state index < -0.39 is 0 Å². The molecule has 0 aromatic heterocycles. The van der Waals surface area contributed by atoms with E-state index in [4.69, 9.17) is 35.4 Å². The summed E-state index contributed by atoms with van der Waals surface area (Å²) in [5.74, 6) is 0. The van der Waals surface area contributed by atoms with E-state index in [2.05, 4.69) is 36.6 Å². The largest absolute Gasteiger partial charge is 0.332 e. The van der Waals surface area contributed by atoms with E-state index >= 15 is 0 Å². The number of anilines is 2. The highest BCUT2D eigenvalue weighted by molar-refractivity contribution is 7.80. The Morgan fingerprint density at radius 3 is 2.05 bits per heavy atom. The minimum absolute atomic E-state index is 0.491. The van der Waals surface area contributed by atoms with Gasteiger partial charge < -0.3 is 10.6 Å². The first-order valence-electron chi connectivity index (χ1n) is 6.06. The van der Waals surface area contributed by atoms with Crippen LogP contribution >= 0.6 is 35.4 Å². The number of nitrogens with one attached hydrogen (secondary N) is 2. The summed E-state index contributed by atoms with van der Waals surface area (Å²) in [4.78, 5) is 0. The van der Waals surface area contributed by atoms with E-state index in [9.17, 15) is 0 Å². The molecule has 0 saturated heterocycles. The zero-order valence-electron chi connectivity index (χ0n) is 11.1. The van der Waals surface area contributed by atoms with E-state index in [0.29, 0.717) is 15.2 Å². The van der Waals surface area contributed by atoms with Gasteiger partial charge in [0, 0.05) is 11.4 Å². The first kappa shape index (κ1) is 15.1. The van der Waals surface area contributed by atoms with Crippen LogP contribution in [0.25, 0.3) is 0 Å². The predicted octanol–water partition coefficient (Wildman–Crippen LogP) is 5.42. The van der Waals surface area contributed by atoms with Crippen LogP contribution in [-0.4, -0.2) is 5.11 Å². The Bertz CT molecular complexity index is 601. The molecule has 0 heterocycles. The normalized spacial score (nSPS) is 10.2. The van der Waals surface area contributed by atoms with Gasteiger partial charge in [0.1, 0.15) is 0 Å². The Labute approximate surface area is 134 Å². The lowest BCUT2D eigenvalue weighted by Crippen LogP contribution is -2.19. The van der Waals surface area contributed by atoms with Crippen LogP contribution < -0.4 is 10.6 Å². The summed E-state index contributed by atoms with van der Waals surface area (Å²) >= 11 is 17.1. The van der Waals surface area contributed by atoms with E-state index in [1.165, 1.54) is 11.1 Å². The van der Waals surface area contributed by atoms with Crippen LogP contribution in [0.1, 0.15) is 11.1 Å². The number of thiocarbonyl (C=S) groups is 1. The third-order valence-corrected chi connectivity index (χ3v) is 3.89. The van der Waals surface area contributed by atoms with Crippen LogP contribution in [0.2, 0.25) is 10.0 Å². The molecular weight excluding hydrogens is 311 g/mol. The summed E-state index contributed by atoms with van der Waals surface area (Å²) in [6, 6.07) is 11.4. The maximum Gasteiger partial charge on any atom is 0.175 e. The van der Waals surface area contributed by atoms with E-state index in [1.807, 2.05) is 12.1 Å². The van der Waals surface area contributed by atoms with Crippen LogP contribution in [0.3, 0.4) is 0 Å². The first-order chi connectivity index (χ1) is 9.45. The monoisotopic (exact) mass is 324 g/mol. The molecule has 0 fully saturated rings. The standard InChI is InChI=1S/C15H14Cl2N2S/c1-9-3-4-11(7-10(9)2)18-15(20)19-12-5-6-13(16)14(17)8-12/h3-8H,1-2H3,(H2,18,19,20). The highest BCUT2D eigenvalue weighted by Crippen LogP contribution is 2.25. The van der Waals surface area contributed by atoms with E-state index in [1.54, 1.807) is 12.1 Å². The smallest absolute Gasteiger partial charge is 0.175 e. The van der Waals surface area contributed by atoms with Crippen LogP contribution in [0.5, 0.6) is 0 Å². The molecule has 0 saturated carbocycles. The van der Waals surface area contributed by atoms with Crippen molar-refractivity contribution < 1.29 is 0 Å². The lowest BCUT2D eigenvalue weighted by Gasteiger charge is -2.12. The van der Waals surface area contributed by atoms with Crippen LogP contribution in [0.4, 0.5) is 11.4 Å². The number of aryl methyl sites for hydroxylation is 2. The zero-order chi connectivity index (χ0) is 14.7. The second kappa shape index (κ2) is 6.44. The molecule has 0 aliphatic heterocycles. The second-order valence-electron chi connectivity index (χ2n) is 4.51. The minimum atomic E-state index is 0.491. The van der Waals surface area contributed by atoms with Gasteiger partial charge in [0.25, 0.3) is 0 Å². The Hall–Kier alpha value is -1.29. The van der Waals surface area contributed by atoms with Gasteiger partial charge >= 0.3 is 0 Å². The lowest BCUT2D eigenvalue weighted by atomic mass is 10.1. The molecule has 2 aromatic rings. The summed E-state index contributed by atoms with van der Waals surface area (Å²) in [6.07, 6.45) is 0. The summed E-state index contributed by atoms with van der Waals surface area (Å²) in [5.41, 5.74) is 4.21. The Morgan fingerprint density at radius 2 is 1.45 bits per heavy atom. The first-order valence-corrected chi connectivity index (χ1v) is 7.22. The number of halogens is 2. The van der Waals surface area contributed by atoms with Gasteiger partial charge in [-0.15, -0.1) is 0 Å². The van der Waals surface area contributed by atoms with Crippen LogP contribution in [-0.2, 0) is 0 Å².